The zero-order chi connectivity index (χ0) is 36.9. The van der Waals surface area contributed by atoms with Gasteiger partial charge in [-0.05, 0) is 80.1 Å². The Balaban J connectivity index is 1.09. The first-order valence-electron chi connectivity index (χ1n) is 18.4. The maximum absolute atomic E-state index is 14.0. The maximum Gasteiger partial charge on any atom is 0.164 e. The van der Waals surface area contributed by atoms with Crippen LogP contribution in [0.3, 0.4) is 0 Å². The lowest BCUT2D eigenvalue weighted by Crippen LogP contribution is -2.07. The van der Waals surface area contributed by atoms with Crippen LogP contribution in [0.25, 0.3) is 89.4 Å². The average molecular weight is 724 g/mol. The predicted octanol–water partition coefficient (Wildman–Crippen LogP) is 12.0. The van der Waals surface area contributed by atoms with Crippen molar-refractivity contribution in [2.24, 2.45) is 0 Å². The summed E-state index contributed by atoms with van der Waals surface area (Å²) in [6, 6.07) is 64.9. The summed E-state index contributed by atoms with van der Waals surface area (Å²) in [5.74, 6) is 1.86. The summed E-state index contributed by atoms with van der Waals surface area (Å²) >= 11 is 0. The van der Waals surface area contributed by atoms with Gasteiger partial charge in [0, 0.05) is 27.3 Å². The Bertz CT molecular complexity index is 2960. The van der Waals surface area contributed by atoms with Gasteiger partial charge in [-0.15, -0.1) is 0 Å². The second kappa shape index (κ2) is 13.3. The lowest BCUT2D eigenvalue weighted by Gasteiger charge is -2.16. The molecule has 1 unspecified atom stereocenters. The Morgan fingerprint density at radius 2 is 0.909 bits per heavy atom. The zero-order valence-corrected chi connectivity index (χ0v) is 31.0. The molecule has 8 aromatic carbocycles. The summed E-state index contributed by atoms with van der Waals surface area (Å²) in [6.45, 7) is 1.89. The van der Waals surface area contributed by atoms with Crippen LogP contribution in [-0.4, -0.2) is 21.6 Å². The van der Waals surface area contributed by atoms with Crippen molar-refractivity contribution in [2.75, 3.05) is 6.66 Å². The molecule has 10 rings (SSSR count). The van der Waals surface area contributed by atoms with Gasteiger partial charge in [-0.25, -0.2) is 15.0 Å². The SMILES string of the molecule is CP1(=O)c2ccccc2-c2cc(-c3ccc4ccccc4c3-c3ccc(-c4nc(-c5ccccc5)nc(-c5cccc(-c6ccccc6)c5)n4)cc3)ccc21. The van der Waals surface area contributed by atoms with E-state index in [1.807, 2.05) is 61.3 Å². The summed E-state index contributed by atoms with van der Waals surface area (Å²) < 4.78 is 14.0. The van der Waals surface area contributed by atoms with Gasteiger partial charge in [-0.1, -0.05) is 170 Å². The molecule has 4 nitrogen and oxygen atoms in total. The van der Waals surface area contributed by atoms with Gasteiger partial charge in [0.25, 0.3) is 0 Å². The second-order valence-corrected chi connectivity index (χ2v) is 16.9. The van der Waals surface area contributed by atoms with E-state index in [1.165, 1.54) is 10.8 Å². The van der Waals surface area contributed by atoms with Crippen LogP contribution in [0.2, 0.25) is 0 Å². The standard InChI is InChI=1S/C50H34N3OP/c1-55(54)45-22-11-10-21-43(45)44-32-39(28-30-46(44)55)42-29-27-34-15-8-9-20-41(34)47(42)35-23-25-37(26-24-35)49-51-48(36-16-6-3-7-17-36)52-50(53-49)40-19-12-18-38(31-40)33-13-4-2-5-14-33/h2-32H,1H3. The lowest BCUT2D eigenvalue weighted by molar-refractivity contribution is 0.591. The molecule has 1 aliphatic rings. The highest BCUT2D eigenvalue weighted by molar-refractivity contribution is 7.79. The minimum absolute atomic E-state index is 0.611. The fraction of sp³-hybridized carbons (Fsp3) is 0.0200. The van der Waals surface area contributed by atoms with E-state index in [4.69, 9.17) is 15.0 Å². The molecular formula is C50H34N3OP. The van der Waals surface area contributed by atoms with Crippen molar-refractivity contribution < 1.29 is 4.57 Å². The van der Waals surface area contributed by atoms with E-state index in [0.29, 0.717) is 17.5 Å². The first-order valence-corrected chi connectivity index (χ1v) is 20.6. The number of fused-ring (bicyclic) bond motifs is 4. The number of nitrogens with zero attached hydrogens (tertiary/aromatic N) is 3. The highest BCUT2D eigenvalue weighted by Gasteiger charge is 2.34. The summed E-state index contributed by atoms with van der Waals surface area (Å²) in [4.78, 5) is 15.1. The summed E-state index contributed by atoms with van der Waals surface area (Å²) in [5, 5.41) is 4.21. The summed E-state index contributed by atoms with van der Waals surface area (Å²) in [7, 11) is -2.66. The molecule has 0 aliphatic carbocycles. The molecule has 0 amide bonds. The molecule has 55 heavy (non-hydrogen) atoms. The number of benzene rings is 8. The van der Waals surface area contributed by atoms with Crippen molar-refractivity contribution in [3.05, 3.63) is 188 Å². The molecule has 1 aromatic heterocycles. The van der Waals surface area contributed by atoms with Crippen molar-refractivity contribution in [3.63, 3.8) is 0 Å². The van der Waals surface area contributed by atoms with Crippen LogP contribution < -0.4 is 10.6 Å². The summed E-state index contributed by atoms with van der Waals surface area (Å²) in [5.41, 5.74) is 11.6. The van der Waals surface area contributed by atoms with Crippen molar-refractivity contribution in [3.8, 4) is 78.7 Å². The molecular weight excluding hydrogens is 690 g/mol. The van der Waals surface area contributed by atoms with Crippen molar-refractivity contribution in [1.29, 1.82) is 0 Å². The zero-order valence-electron chi connectivity index (χ0n) is 30.1. The minimum atomic E-state index is -2.66. The monoisotopic (exact) mass is 723 g/mol. The summed E-state index contributed by atoms with van der Waals surface area (Å²) in [6.07, 6.45) is 0. The number of hydrogen-bond donors (Lipinski definition) is 0. The van der Waals surface area contributed by atoms with Crippen molar-refractivity contribution in [1.82, 2.24) is 15.0 Å². The van der Waals surface area contributed by atoms with Gasteiger partial charge in [0.15, 0.2) is 17.5 Å². The number of rotatable bonds is 6. The average Bonchev–Trinajstić information content (AvgIpc) is 3.49. The highest BCUT2D eigenvalue weighted by Crippen LogP contribution is 2.51. The van der Waals surface area contributed by atoms with E-state index in [9.17, 15) is 4.57 Å². The quantitative estimate of drug-likeness (QED) is 0.160. The van der Waals surface area contributed by atoms with Gasteiger partial charge in [-0.3, -0.25) is 0 Å². The molecule has 5 heteroatoms. The van der Waals surface area contributed by atoms with Crippen LogP contribution in [0.4, 0.5) is 0 Å². The minimum Gasteiger partial charge on any atom is -0.314 e. The molecule has 0 spiro atoms. The molecule has 0 N–H and O–H groups in total. The maximum atomic E-state index is 14.0. The molecule has 0 radical (unpaired) electrons. The fourth-order valence-corrected chi connectivity index (χ4v) is 10.2. The second-order valence-electron chi connectivity index (χ2n) is 14.1. The predicted molar refractivity (Wildman–Crippen MR) is 228 cm³/mol. The van der Waals surface area contributed by atoms with E-state index in [2.05, 4.69) is 133 Å². The molecule has 1 atom stereocenters. The van der Waals surface area contributed by atoms with Gasteiger partial charge in [0.05, 0.1) is 0 Å². The van der Waals surface area contributed by atoms with Gasteiger partial charge in [0.2, 0.25) is 0 Å². The van der Waals surface area contributed by atoms with E-state index >= 15 is 0 Å². The van der Waals surface area contributed by atoms with Crippen molar-refractivity contribution in [2.45, 2.75) is 0 Å². The smallest absolute Gasteiger partial charge is 0.164 e. The van der Waals surface area contributed by atoms with Crippen LogP contribution in [-0.2, 0) is 4.57 Å². The van der Waals surface area contributed by atoms with Crippen LogP contribution >= 0.6 is 7.14 Å². The molecule has 9 aromatic rings. The lowest BCUT2D eigenvalue weighted by atomic mass is 9.88. The molecule has 2 heterocycles. The molecule has 0 bridgehead atoms. The van der Waals surface area contributed by atoms with Crippen molar-refractivity contribution >= 4 is 28.5 Å². The number of hydrogen-bond acceptors (Lipinski definition) is 4. The van der Waals surface area contributed by atoms with Gasteiger partial charge in [-0.2, -0.15) is 0 Å². The Morgan fingerprint density at radius 1 is 0.364 bits per heavy atom. The van der Waals surface area contributed by atoms with Crippen LogP contribution in [0.1, 0.15) is 0 Å². The molecule has 0 saturated carbocycles. The van der Waals surface area contributed by atoms with Gasteiger partial charge < -0.3 is 4.57 Å². The fourth-order valence-electron chi connectivity index (χ4n) is 7.92. The molecule has 1 aliphatic heterocycles. The Morgan fingerprint density at radius 3 is 1.67 bits per heavy atom. The van der Waals surface area contributed by atoms with E-state index in [0.717, 1.165) is 71.8 Å². The number of aromatic nitrogens is 3. The molecule has 0 saturated heterocycles. The third-order valence-corrected chi connectivity index (χ3v) is 13.3. The van der Waals surface area contributed by atoms with Gasteiger partial charge in [0.1, 0.15) is 7.14 Å². The van der Waals surface area contributed by atoms with E-state index in [1.54, 1.807) is 0 Å². The first kappa shape index (κ1) is 32.9. The van der Waals surface area contributed by atoms with Crippen LogP contribution in [0, 0.1) is 0 Å². The Kier molecular flexibility index (Phi) is 7.94. The normalized spacial score (nSPS) is 14.4. The molecule has 260 valence electrons. The van der Waals surface area contributed by atoms with Crippen LogP contribution in [0.5, 0.6) is 0 Å². The Labute approximate surface area is 320 Å². The Hall–Kier alpha value is -6.74. The largest absolute Gasteiger partial charge is 0.314 e. The van der Waals surface area contributed by atoms with Gasteiger partial charge >= 0.3 is 0 Å². The first-order chi connectivity index (χ1) is 27.0. The molecule has 0 fully saturated rings. The highest BCUT2D eigenvalue weighted by atomic mass is 31.2. The van der Waals surface area contributed by atoms with E-state index < -0.39 is 7.14 Å². The topological polar surface area (TPSA) is 55.7 Å². The third kappa shape index (κ3) is 5.79. The van der Waals surface area contributed by atoms with E-state index in [-0.39, 0.29) is 0 Å². The third-order valence-electron chi connectivity index (χ3n) is 10.7. The van der Waals surface area contributed by atoms with Crippen LogP contribution in [0.15, 0.2) is 188 Å².